The fourth-order valence-corrected chi connectivity index (χ4v) is 2.70. The van der Waals surface area contributed by atoms with E-state index in [2.05, 4.69) is 5.32 Å². The van der Waals surface area contributed by atoms with Crippen molar-refractivity contribution >= 4 is 17.8 Å². The zero-order valence-corrected chi connectivity index (χ0v) is 15.3. The number of nitrogens with one attached hydrogen (secondary N) is 1. The molecule has 1 aromatic rings. The number of rotatable bonds is 6. The van der Waals surface area contributed by atoms with Crippen molar-refractivity contribution in [2.45, 2.75) is 33.1 Å². The van der Waals surface area contributed by atoms with Crippen molar-refractivity contribution < 1.29 is 28.6 Å². The molecular weight excluding hydrogens is 338 g/mol. The number of esters is 2. The summed E-state index contributed by atoms with van der Waals surface area (Å²) >= 11 is 0. The number of hydrogen-bond donors (Lipinski definition) is 1. The molecule has 1 N–H and O–H groups in total. The topological polar surface area (TPSA) is 90.9 Å². The molecule has 0 unspecified atom stereocenters. The van der Waals surface area contributed by atoms with Crippen molar-refractivity contribution in [2.75, 3.05) is 13.9 Å². The zero-order valence-electron chi connectivity index (χ0n) is 15.3. The summed E-state index contributed by atoms with van der Waals surface area (Å²) in [6.07, 6.45) is 0.112. The third kappa shape index (κ3) is 4.62. The van der Waals surface area contributed by atoms with E-state index in [0.29, 0.717) is 17.0 Å². The molecule has 26 heavy (non-hydrogen) atoms. The number of hydrogen-bond acceptors (Lipinski definition) is 6. The van der Waals surface area contributed by atoms with E-state index in [4.69, 9.17) is 14.2 Å². The normalized spacial score (nSPS) is 17.0. The van der Waals surface area contributed by atoms with Crippen molar-refractivity contribution in [2.24, 2.45) is 5.92 Å². The van der Waals surface area contributed by atoms with E-state index in [1.54, 1.807) is 46.1 Å². The van der Waals surface area contributed by atoms with Crippen LogP contribution >= 0.6 is 0 Å². The lowest BCUT2D eigenvalue weighted by Crippen LogP contribution is -2.34. The number of methoxy groups -OCH3 is 1. The van der Waals surface area contributed by atoms with Gasteiger partial charge in [-0.05, 0) is 24.6 Å². The van der Waals surface area contributed by atoms with Crippen LogP contribution < -0.4 is 10.1 Å². The highest BCUT2D eigenvalue weighted by Gasteiger charge is 2.33. The highest BCUT2D eigenvalue weighted by molar-refractivity contribution is 5.95. The van der Waals surface area contributed by atoms with Gasteiger partial charge >= 0.3 is 11.9 Å². The molecular formula is C19H23NO6. The van der Waals surface area contributed by atoms with E-state index in [0.717, 1.165) is 5.56 Å². The molecule has 140 valence electrons. The van der Waals surface area contributed by atoms with Gasteiger partial charge < -0.3 is 19.5 Å². The highest BCUT2D eigenvalue weighted by atomic mass is 16.7. The number of carbonyl (C=O) groups excluding carboxylic acids is 3. The number of benzene rings is 1. The molecule has 1 aliphatic heterocycles. The summed E-state index contributed by atoms with van der Waals surface area (Å²) in [7, 11) is 1.55. The van der Waals surface area contributed by atoms with Gasteiger partial charge in [0.25, 0.3) is 0 Å². The summed E-state index contributed by atoms with van der Waals surface area (Å²) in [5.74, 6) is -1.42. The van der Waals surface area contributed by atoms with Crippen molar-refractivity contribution in [3.8, 4) is 5.75 Å². The molecule has 0 radical (unpaired) electrons. The van der Waals surface area contributed by atoms with Crippen LogP contribution in [0.4, 0.5) is 0 Å². The van der Waals surface area contributed by atoms with Crippen molar-refractivity contribution in [1.29, 1.82) is 0 Å². The van der Waals surface area contributed by atoms with Crippen LogP contribution in [0.3, 0.4) is 0 Å². The van der Waals surface area contributed by atoms with Crippen LogP contribution in [0.1, 0.15) is 38.7 Å². The van der Waals surface area contributed by atoms with Crippen molar-refractivity contribution in [3.05, 3.63) is 41.1 Å². The first-order valence-corrected chi connectivity index (χ1v) is 8.31. The Morgan fingerprint density at radius 1 is 1.27 bits per heavy atom. The van der Waals surface area contributed by atoms with Crippen LogP contribution in [0.25, 0.3) is 0 Å². The second-order valence-corrected chi connectivity index (χ2v) is 6.29. The molecule has 0 aromatic heterocycles. The summed E-state index contributed by atoms with van der Waals surface area (Å²) in [5.41, 5.74) is 1.53. The monoisotopic (exact) mass is 361 g/mol. The van der Waals surface area contributed by atoms with Crippen molar-refractivity contribution in [3.63, 3.8) is 0 Å². The lowest BCUT2D eigenvalue weighted by atomic mass is 9.84. The first-order chi connectivity index (χ1) is 12.3. The minimum absolute atomic E-state index is 0.112. The van der Waals surface area contributed by atoms with Crippen molar-refractivity contribution in [1.82, 2.24) is 5.32 Å². The Hall–Kier alpha value is -2.83. The molecule has 0 spiro atoms. The van der Waals surface area contributed by atoms with E-state index >= 15 is 0 Å². The molecule has 0 aliphatic carbocycles. The minimum Gasteiger partial charge on any atom is -0.497 e. The minimum atomic E-state index is -0.633. The van der Waals surface area contributed by atoms with Gasteiger partial charge in [-0.2, -0.15) is 0 Å². The highest BCUT2D eigenvalue weighted by Crippen LogP contribution is 2.34. The van der Waals surface area contributed by atoms with E-state index in [1.807, 2.05) is 6.07 Å². The van der Waals surface area contributed by atoms with Gasteiger partial charge in [-0.15, -0.1) is 0 Å². The molecule has 7 nitrogen and oxygen atoms in total. The Balaban J connectivity index is 2.21. The average Bonchev–Trinajstić information content (AvgIpc) is 2.60. The SMILES string of the molecule is COc1cccc([C@H]2CC(=O)NC(C)=C2C(=O)OCOC(=O)C(C)C)c1. The van der Waals surface area contributed by atoms with Gasteiger partial charge in [-0.1, -0.05) is 26.0 Å². The van der Waals surface area contributed by atoms with Gasteiger partial charge in [-0.25, -0.2) is 4.79 Å². The summed E-state index contributed by atoms with van der Waals surface area (Å²) in [5, 5.41) is 2.66. The zero-order chi connectivity index (χ0) is 19.3. The molecule has 7 heteroatoms. The maximum atomic E-state index is 12.6. The van der Waals surface area contributed by atoms with Crippen LogP contribution in [-0.2, 0) is 23.9 Å². The summed E-state index contributed by atoms with van der Waals surface area (Å²) in [6.45, 7) is 4.55. The van der Waals surface area contributed by atoms with Crippen LogP contribution in [0.15, 0.2) is 35.5 Å². The quantitative estimate of drug-likeness (QED) is 0.617. The average molecular weight is 361 g/mol. The second-order valence-electron chi connectivity index (χ2n) is 6.29. The first-order valence-electron chi connectivity index (χ1n) is 8.31. The van der Waals surface area contributed by atoms with Gasteiger partial charge in [0.15, 0.2) is 0 Å². The van der Waals surface area contributed by atoms with E-state index in [9.17, 15) is 14.4 Å². The Labute approximate surface area is 152 Å². The number of ether oxygens (including phenoxy) is 3. The third-order valence-corrected chi connectivity index (χ3v) is 4.05. The first kappa shape index (κ1) is 19.5. The predicted octanol–water partition coefficient (Wildman–Crippen LogP) is 2.27. The standard InChI is InChI=1S/C19H23NO6/c1-11(2)18(22)25-10-26-19(23)17-12(3)20-16(21)9-15(17)13-6-5-7-14(8-13)24-4/h5-8,11,15H,9-10H2,1-4H3,(H,20,21)/t15-/m1/s1. The van der Waals surface area contributed by atoms with Gasteiger partial charge in [0.05, 0.1) is 18.6 Å². The number of allylic oxidation sites excluding steroid dienone is 1. The summed E-state index contributed by atoms with van der Waals surface area (Å²) in [4.78, 5) is 36.0. The lowest BCUT2D eigenvalue weighted by Gasteiger charge is -2.26. The Kier molecular flexibility index (Phi) is 6.38. The predicted molar refractivity (Wildman–Crippen MR) is 93.1 cm³/mol. The smallest absolute Gasteiger partial charge is 0.339 e. The fraction of sp³-hybridized carbons (Fsp3) is 0.421. The Morgan fingerprint density at radius 3 is 2.65 bits per heavy atom. The fourth-order valence-electron chi connectivity index (χ4n) is 2.70. The third-order valence-electron chi connectivity index (χ3n) is 4.05. The lowest BCUT2D eigenvalue weighted by molar-refractivity contribution is -0.167. The number of amides is 1. The van der Waals surface area contributed by atoms with Gasteiger partial charge in [0.2, 0.25) is 12.7 Å². The molecule has 0 saturated heterocycles. The molecule has 1 heterocycles. The molecule has 1 atom stereocenters. The van der Waals surface area contributed by atoms with E-state index in [-0.39, 0.29) is 18.2 Å². The summed E-state index contributed by atoms with van der Waals surface area (Å²) in [6, 6.07) is 7.18. The molecule has 1 aliphatic rings. The molecule has 1 aromatic carbocycles. The van der Waals surface area contributed by atoms with Crippen LogP contribution in [0, 0.1) is 5.92 Å². The maximum absolute atomic E-state index is 12.6. The largest absolute Gasteiger partial charge is 0.497 e. The van der Waals surface area contributed by atoms with Gasteiger partial charge in [0, 0.05) is 18.0 Å². The molecule has 0 fully saturated rings. The maximum Gasteiger partial charge on any atom is 0.339 e. The Bertz CT molecular complexity index is 737. The molecule has 1 amide bonds. The van der Waals surface area contributed by atoms with Crippen LogP contribution in [-0.4, -0.2) is 31.7 Å². The molecule has 0 bridgehead atoms. The van der Waals surface area contributed by atoms with Gasteiger partial charge in [-0.3, -0.25) is 9.59 Å². The summed E-state index contributed by atoms with van der Waals surface area (Å²) < 4.78 is 15.2. The van der Waals surface area contributed by atoms with Crippen LogP contribution in [0.2, 0.25) is 0 Å². The second kappa shape index (κ2) is 8.51. The Morgan fingerprint density at radius 2 is 2.00 bits per heavy atom. The van der Waals surface area contributed by atoms with E-state index < -0.39 is 24.6 Å². The molecule has 2 rings (SSSR count). The van der Waals surface area contributed by atoms with E-state index in [1.165, 1.54) is 0 Å². The van der Waals surface area contributed by atoms with Crippen LogP contribution in [0.5, 0.6) is 5.75 Å². The number of carbonyl (C=O) groups is 3. The van der Waals surface area contributed by atoms with Gasteiger partial charge in [0.1, 0.15) is 5.75 Å². The molecule has 0 saturated carbocycles.